The van der Waals surface area contributed by atoms with Gasteiger partial charge in [-0.05, 0) is 55.0 Å². The summed E-state index contributed by atoms with van der Waals surface area (Å²) >= 11 is 6.54. The van der Waals surface area contributed by atoms with E-state index < -0.39 is 16.8 Å². The Morgan fingerprint density at radius 3 is 2.53 bits per heavy atom. The molecule has 38 heavy (non-hydrogen) atoms. The maximum Gasteiger partial charge on any atom is 0.336 e. The monoisotopic (exact) mass is 540 g/mol. The molecule has 1 heterocycles. The molecular weight excluding hydrogens is 512 g/mol. The minimum absolute atomic E-state index is 0.156. The van der Waals surface area contributed by atoms with Crippen LogP contribution < -0.4 is 14.8 Å². The number of esters is 1. The van der Waals surface area contributed by atoms with Crippen LogP contribution in [-0.4, -0.2) is 37.5 Å². The Morgan fingerprint density at radius 1 is 1.13 bits per heavy atom. The molecule has 0 saturated heterocycles. The fourth-order valence-corrected chi connectivity index (χ4v) is 5.33. The Kier molecular flexibility index (Phi) is 8.06. The fraction of sp³-hybridized carbons (Fsp3) is 0.357. The number of hydrogen-bond donors (Lipinski definition) is 1. The van der Waals surface area contributed by atoms with Gasteiger partial charge in [0.2, 0.25) is 0 Å². The van der Waals surface area contributed by atoms with Crippen LogP contribution in [-0.2, 0) is 14.3 Å². The van der Waals surface area contributed by atoms with Crippen molar-refractivity contribution >= 4 is 29.0 Å². The van der Waals surface area contributed by atoms with Crippen molar-refractivity contribution in [1.29, 1.82) is 0 Å². The molecule has 1 N–H and O–H groups in total. The number of nitro benzene ring substituents is 1. The highest BCUT2D eigenvalue weighted by Crippen LogP contribution is 2.48. The highest BCUT2D eigenvalue weighted by Gasteiger charge is 2.42. The van der Waals surface area contributed by atoms with Gasteiger partial charge in [-0.25, -0.2) is 4.79 Å². The van der Waals surface area contributed by atoms with E-state index in [1.165, 1.54) is 18.2 Å². The van der Waals surface area contributed by atoms with E-state index in [1.807, 2.05) is 19.1 Å². The minimum atomic E-state index is -0.901. The van der Waals surface area contributed by atoms with E-state index >= 15 is 0 Å². The molecule has 0 fully saturated rings. The number of carbonyl (C=O) groups is 2. The number of nitrogens with zero attached hydrogens (tertiary/aromatic N) is 1. The van der Waals surface area contributed by atoms with Crippen LogP contribution in [0.2, 0.25) is 5.02 Å². The first-order chi connectivity index (χ1) is 18.2. The van der Waals surface area contributed by atoms with Crippen molar-refractivity contribution in [3.8, 4) is 11.5 Å². The number of ether oxygens (including phenoxy) is 3. The van der Waals surface area contributed by atoms with Crippen molar-refractivity contribution in [2.45, 2.75) is 44.9 Å². The maximum atomic E-state index is 13.8. The van der Waals surface area contributed by atoms with Crippen LogP contribution in [0.3, 0.4) is 0 Å². The van der Waals surface area contributed by atoms with Gasteiger partial charge in [0.1, 0.15) is 0 Å². The summed E-state index contributed by atoms with van der Waals surface area (Å²) in [6.07, 6.45) is 1.28. The van der Waals surface area contributed by atoms with Gasteiger partial charge in [-0.1, -0.05) is 24.6 Å². The molecule has 4 rings (SSSR count). The number of allylic oxidation sites excluding steroid dienone is 3. The molecule has 9 nitrogen and oxygen atoms in total. The summed E-state index contributed by atoms with van der Waals surface area (Å²) in [5.41, 5.74) is 2.79. The van der Waals surface area contributed by atoms with Crippen LogP contribution in [0.5, 0.6) is 11.5 Å². The number of Topliss-reactive ketones (excluding diaryl/α,β-unsaturated/α-hetero) is 1. The molecule has 0 bridgehead atoms. The molecule has 0 amide bonds. The SMILES string of the molecule is CCCOC(=O)C1=C(C)NC2=C(C(=O)CC(c3ccc(OC)c(OC)c3)C2)C1c1cc([N+](=O)[O-])ccc1Cl. The molecular formula is C28H29ClN2O7. The zero-order chi connectivity index (χ0) is 27.6. The number of halogens is 1. The van der Waals surface area contributed by atoms with Crippen molar-refractivity contribution in [3.05, 3.63) is 85.2 Å². The second kappa shape index (κ2) is 11.3. The van der Waals surface area contributed by atoms with Gasteiger partial charge in [0, 0.05) is 46.5 Å². The number of ketones is 1. The molecule has 1 aliphatic heterocycles. The summed E-state index contributed by atoms with van der Waals surface area (Å²) in [6, 6.07) is 9.60. The Hall–Kier alpha value is -3.85. The number of carbonyl (C=O) groups excluding carboxylic acids is 2. The smallest absolute Gasteiger partial charge is 0.336 e. The maximum absolute atomic E-state index is 13.8. The van der Waals surface area contributed by atoms with Gasteiger partial charge < -0.3 is 19.5 Å². The Morgan fingerprint density at radius 2 is 1.87 bits per heavy atom. The summed E-state index contributed by atoms with van der Waals surface area (Å²) in [6.45, 7) is 3.81. The first-order valence-electron chi connectivity index (χ1n) is 12.3. The molecule has 0 spiro atoms. The molecule has 200 valence electrons. The fourth-order valence-electron chi connectivity index (χ4n) is 5.10. The van der Waals surface area contributed by atoms with Gasteiger partial charge >= 0.3 is 5.97 Å². The molecule has 2 aromatic carbocycles. The predicted octanol–water partition coefficient (Wildman–Crippen LogP) is 5.58. The molecule has 0 radical (unpaired) electrons. The van der Waals surface area contributed by atoms with Crippen LogP contribution in [0.15, 0.2) is 58.9 Å². The zero-order valence-corrected chi connectivity index (χ0v) is 22.4. The van der Waals surface area contributed by atoms with Gasteiger partial charge in [0.05, 0.1) is 31.3 Å². The minimum Gasteiger partial charge on any atom is -0.493 e. The summed E-state index contributed by atoms with van der Waals surface area (Å²) in [5.74, 6) is -0.682. The molecule has 0 saturated carbocycles. The third-order valence-electron chi connectivity index (χ3n) is 6.87. The topological polar surface area (TPSA) is 117 Å². The summed E-state index contributed by atoms with van der Waals surface area (Å²) in [4.78, 5) is 38.0. The van der Waals surface area contributed by atoms with E-state index in [0.717, 1.165) is 5.56 Å². The van der Waals surface area contributed by atoms with Gasteiger partial charge in [-0.2, -0.15) is 0 Å². The lowest BCUT2D eigenvalue weighted by Crippen LogP contribution is -2.36. The van der Waals surface area contributed by atoms with Crippen molar-refractivity contribution in [1.82, 2.24) is 5.32 Å². The molecule has 2 unspecified atom stereocenters. The number of hydrogen-bond acceptors (Lipinski definition) is 8. The Labute approximate surface area is 225 Å². The van der Waals surface area contributed by atoms with Crippen LogP contribution in [0.1, 0.15) is 56.1 Å². The second-order valence-corrected chi connectivity index (χ2v) is 9.64. The van der Waals surface area contributed by atoms with E-state index in [4.69, 9.17) is 25.8 Å². The van der Waals surface area contributed by atoms with Gasteiger partial charge in [-0.3, -0.25) is 14.9 Å². The molecule has 10 heteroatoms. The number of non-ortho nitro benzene ring substituents is 1. The van der Waals surface area contributed by atoms with E-state index in [9.17, 15) is 19.7 Å². The van der Waals surface area contributed by atoms with E-state index in [1.54, 1.807) is 27.2 Å². The third kappa shape index (κ3) is 5.11. The van der Waals surface area contributed by atoms with Gasteiger partial charge in [-0.15, -0.1) is 0 Å². The highest BCUT2D eigenvalue weighted by molar-refractivity contribution is 6.31. The van der Waals surface area contributed by atoms with Crippen LogP contribution in [0, 0.1) is 10.1 Å². The van der Waals surface area contributed by atoms with Crippen molar-refractivity contribution in [2.75, 3.05) is 20.8 Å². The normalized spacial score (nSPS) is 19.0. The summed E-state index contributed by atoms with van der Waals surface area (Å²) in [5, 5.41) is 15.1. The lowest BCUT2D eigenvalue weighted by Gasteiger charge is -2.37. The Bertz CT molecular complexity index is 1360. The molecule has 2 aliphatic rings. The standard InChI is InChI=1S/C28H29ClN2O7/c1-5-10-38-28(33)25-15(2)30-21-11-17(16-6-9-23(36-3)24(13-16)37-4)12-22(32)27(21)26(25)19-14-18(31(34)35)7-8-20(19)29/h6-9,13-14,17,26,30H,5,10-12H2,1-4H3. The number of nitrogens with one attached hydrogen (secondary N) is 1. The molecule has 1 aliphatic carbocycles. The van der Waals surface area contributed by atoms with Crippen molar-refractivity contribution < 1.29 is 28.7 Å². The van der Waals surface area contributed by atoms with Crippen LogP contribution >= 0.6 is 11.6 Å². The lowest BCUT2D eigenvalue weighted by molar-refractivity contribution is -0.384. The van der Waals surface area contributed by atoms with Crippen LogP contribution in [0.4, 0.5) is 5.69 Å². The van der Waals surface area contributed by atoms with Gasteiger partial charge in [0.25, 0.3) is 5.69 Å². The summed E-state index contributed by atoms with van der Waals surface area (Å²) in [7, 11) is 3.11. The first kappa shape index (κ1) is 27.2. The highest BCUT2D eigenvalue weighted by atomic mass is 35.5. The third-order valence-corrected chi connectivity index (χ3v) is 7.21. The number of nitro groups is 1. The van der Waals surface area contributed by atoms with Gasteiger partial charge in [0.15, 0.2) is 17.3 Å². The predicted molar refractivity (Wildman–Crippen MR) is 141 cm³/mol. The molecule has 2 atom stereocenters. The number of methoxy groups -OCH3 is 2. The Balaban J connectivity index is 1.83. The van der Waals surface area contributed by atoms with E-state index in [2.05, 4.69) is 5.32 Å². The second-order valence-electron chi connectivity index (χ2n) is 9.23. The lowest BCUT2D eigenvalue weighted by atomic mass is 9.71. The quantitative estimate of drug-likeness (QED) is 0.262. The van der Waals surface area contributed by atoms with Crippen molar-refractivity contribution in [3.63, 3.8) is 0 Å². The first-order valence-corrected chi connectivity index (χ1v) is 12.6. The average molecular weight is 541 g/mol. The van der Waals surface area contributed by atoms with Crippen LogP contribution in [0.25, 0.3) is 0 Å². The number of rotatable bonds is 8. The van der Waals surface area contributed by atoms with E-state index in [-0.39, 0.29) is 41.0 Å². The zero-order valence-electron chi connectivity index (χ0n) is 21.6. The average Bonchev–Trinajstić information content (AvgIpc) is 2.90. The van der Waals surface area contributed by atoms with Crippen molar-refractivity contribution in [2.24, 2.45) is 0 Å². The molecule has 2 aromatic rings. The number of dihydropyridines is 1. The van der Waals surface area contributed by atoms with E-state index in [0.29, 0.717) is 46.9 Å². The molecule has 0 aromatic heterocycles. The summed E-state index contributed by atoms with van der Waals surface area (Å²) < 4.78 is 16.2. The largest absolute Gasteiger partial charge is 0.493 e. The number of benzene rings is 2.